The average molecular weight is 294 g/mol. The smallest absolute Gasteiger partial charge is 0.337 e. The highest BCUT2D eigenvalue weighted by atomic mass is 32.2. The van der Waals surface area contributed by atoms with E-state index in [1.54, 1.807) is 0 Å². The topological polar surface area (TPSA) is 91.7 Å². The zero-order valence-corrected chi connectivity index (χ0v) is 11.2. The monoisotopic (exact) mass is 294 g/mol. The summed E-state index contributed by atoms with van der Waals surface area (Å²) in [7, 11) is -3.71. The lowest BCUT2D eigenvalue weighted by Gasteiger charge is -2.12. The maximum atomic E-state index is 13.7. The van der Waals surface area contributed by atoms with Crippen LogP contribution < -0.4 is 0 Å². The van der Waals surface area contributed by atoms with Crippen molar-refractivity contribution in [1.82, 2.24) is 0 Å². The van der Waals surface area contributed by atoms with Crippen molar-refractivity contribution in [1.29, 1.82) is 0 Å². The van der Waals surface area contributed by atoms with E-state index in [1.165, 1.54) is 6.26 Å². The van der Waals surface area contributed by atoms with Crippen molar-refractivity contribution in [3.63, 3.8) is 0 Å². The second-order valence-electron chi connectivity index (χ2n) is 3.55. The summed E-state index contributed by atoms with van der Waals surface area (Å²) in [4.78, 5) is 10.2. The summed E-state index contributed by atoms with van der Waals surface area (Å²) in [6.07, 6.45) is 0.426. The number of hydrogen-bond acceptors (Lipinski definition) is 5. The first-order valence-corrected chi connectivity index (χ1v) is 7.78. The molecule has 0 bridgehead atoms. The van der Waals surface area contributed by atoms with Crippen LogP contribution in [0.1, 0.15) is 11.7 Å². The lowest BCUT2D eigenvalue weighted by atomic mass is 10.1. The van der Waals surface area contributed by atoms with Gasteiger partial charge in [-0.2, -0.15) is 0 Å². The summed E-state index contributed by atoms with van der Waals surface area (Å²) in [6.45, 7) is 0. The molecule has 0 fully saturated rings. The third kappa shape index (κ3) is 3.01. The highest BCUT2D eigenvalue weighted by Crippen LogP contribution is 2.31. The van der Waals surface area contributed by atoms with Crippen LogP contribution in [0.5, 0.6) is 0 Å². The molecule has 1 aromatic rings. The van der Waals surface area contributed by atoms with E-state index in [9.17, 15) is 22.7 Å². The van der Waals surface area contributed by atoms with Crippen molar-refractivity contribution in [2.75, 3.05) is 12.5 Å². The Bertz CT molecular complexity index is 582. The fourth-order valence-corrected chi connectivity index (χ4v) is 3.36. The zero-order valence-electron chi connectivity index (χ0n) is 9.55. The molecule has 0 aliphatic rings. The Balaban J connectivity index is 3.55. The predicted molar refractivity (Wildman–Crippen MR) is 63.9 cm³/mol. The lowest BCUT2D eigenvalue weighted by molar-refractivity contribution is -0.146. The predicted octanol–water partition coefficient (Wildman–Crippen LogP) is 1.07. The van der Waals surface area contributed by atoms with Gasteiger partial charge in [-0.3, -0.25) is 0 Å². The SMILES string of the molecule is CSc1c(F)cc(C(O)C(=O)O)cc1S(C)(=O)=O. The molecular weight excluding hydrogens is 283 g/mol. The van der Waals surface area contributed by atoms with Crippen LogP contribution in [-0.2, 0) is 14.6 Å². The normalized spacial score (nSPS) is 13.3. The van der Waals surface area contributed by atoms with Crippen LogP contribution in [0.15, 0.2) is 21.9 Å². The van der Waals surface area contributed by atoms with Crippen LogP contribution in [-0.4, -0.2) is 37.1 Å². The summed E-state index contributed by atoms with van der Waals surface area (Å²) < 4.78 is 36.7. The van der Waals surface area contributed by atoms with Crippen molar-refractivity contribution < 1.29 is 27.8 Å². The molecule has 0 radical (unpaired) electrons. The van der Waals surface area contributed by atoms with Crippen molar-refractivity contribution in [2.24, 2.45) is 0 Å². The first-order chi connectivity index (χ1) is 8.18. The number of rotatable bonds is 4. The van der Waals surface area contributed by atoms with E-state index >= 15 is 0 Å². The molecule has 1 aromatic carbocycles. The van der Waals surface area contributed by atoms with Gasteiger partial charge in [0.1, 0.15) is 5.82 Å². The van der Waals surface area contributed by atoms with E-state index < -0.39 is 27.7 Å². The summed E-state index contributed by atoms with van der Waals surface area (Å²) in [6, 6.07) is 1.79. The number of carboxylic acids is 1. The number of halogens is 1. The molecule has 0 aliphatic heterocycles. The van der Waals surface area contributed by atoms with Crippen LogP contribution >= 0.6 is 11.8 Å². The largest absolute Gasteiger partial charge is 0.479 e. The van der Waals surface area contributed by atoms with Crippen molar-refractivity contribution >= 4 is 27.6 Å². The fourth-order valence-electron chi connectivity index (χ4n) is 1.36. The Morgan fingerprint density at radius 1 is 1.44 bits per heavy atom. The number of benzene rings is 1. The molecule has 1 unspecified atom stereocenters. The quantitative estimate of drug-likeness (QED) is 0.807. The highest BCUT2D eigenvalue weighted by Gasteiger charge is 2.23. The minimum absolute atomic E-state index is 0.0983. The number of carboxylic acid groups (broad SMARTS) is 1. The molecule has 18 heavy (non-hydrogen) atoms. The van der Waals surface area contributed by atoms with Gasteiger partial charge in [0.05, 0.1) is 9.79 Å². The van der Waals surface area contributed by atoms with E-state index in [4.69, 9.17) is 5.11 Å². The molecule has 0 heterocycles. The van der Waals surface area contributed by atoms with E-state index in [1.807, 2.05) is 0 Å². The summed E-state index contributed by atoms with van der Waals surface area (Å²) in [5.74, 6) is -2.45. The zero-order chi connectivity index (χ0) is 14.1. The van der Waals surface area contributed by atoms with Gasteiger partial charge in [0.2, 0.25) is 0 Å². The van der Waals surface area contributed by atoms with Crippen LogP contribution in [0, 0.1) is 5.82 Å². The second-order valence-corrected chi connectivity index (χ2v) is 6.35. The van der Waals surface area contributed by atoms with E-state index in [0.29, 0.717) is 0 Å². The van der Waals surface area contributed by atoms with E-state index in [2.05, 4.69) is 0 Å². The third-order valence-corrected chi connectivity index (χ3v) is 4.26. The standard InChI is InChI=1S/C10H11FO5S2/c1-17-9-6(11)3-5(8(12)10(13)14)4-7(9)18(2,15)16/h3-4,8,12H,1-2H3,(H,13,14). The molecule has 0 saturated carbocycles. The molecule has 0 aromatic heterocycles. The van der Waals surface area contributed by atoms with Crippen molar-refractivity contribution in [3.8, 4) is 0 Å². The summed E-state index contributed by atoms with van der Waals surface area (Å²) >= 11 is 0.895. The van der Waals surface area contributed by atoms with Crippen LogP contribution in [0.4, 0.5) is 4.39 Å². The van der Waals surface area contributed by atoms with Gasteiger partial charge in [-0.15, -0.1) is 11.8 Å². The lowest BCUT2D eigenvalue weighted by Crippen LogP contribution is -2.12. The van der Waals surface area contributed by atoms with Crippen LogP contribution in [0.2, 0.25) is 0 Å². The molecular formula is C10H11FO5S2. The molecule has 8 heteroatoms. The summed E-state index contributed by atoms with van der Waals surface area (Å²) in [5.41, 5.74) is -0.307. The molecule has 0 saturated heterocycles. The molecule has 0 aliphatic carbocycles. The Morgan fingerprint density at radius 2 is 2.00 bits per heavy atom. The second kappa shape index (κ2) is 5.25. The minimum atomic E-state index is -3.71. The van der Waals surface area contributed by atoms with Crippen LogP contribution in [0.3, 0.4) is 0 Å². The van der Waals surface area contributed by atoms with Gasteiger partial charge in [0, 0.05) is 6.26 Å². The van der Waals surface area contributed by atoms with Crippen LogP contribution in [0.25, 0.3) is 0 Å². The van der Waals surface area contributed by atoms with Gasteiger partial charge in [-0.1, -0.05) is 0 Å². The fraction of sp³-hybridized carbons (Fsp3) is 0.300. The molecule has 1 rings (SSSR count). The van der Waals surface area contributed by atoms with Crippen molar-refractivity contribution in [3.05, 3.63) is 23.5 Å². The Labute approximate surface area is 108 Å². The van der Waals surface area contributed by atoms with Crippen molar-refractivity contribution in [2.45, 2.75) is 15.9 Å². The van der Waals surface area contributed by atoms with Gasteiger partial charge in [0.25, 0.3) is 0 Å². The molecule has 5 nitrogen and oxygen atoms in total. The van der Waals surface area contributed by atoms with Gasteiger partial charge in [-0.05, 0) is 24.0 Å². The molecule has 100 valence electrons. The number of sulfone groups is 1. The first kappa shape index (κ1) is 14.9. The Hall–Kier alpha value is -1.12. The summed E-state index contributed by atoms with van der Waals surface area (Å²) in [5, 5.41) is 17.9. The van der Waals surface area contributed by atoms with Gasteiger partial charge in [0.15, 0.2) is 15.9 Å². The third-order valence-electron chi connectivity index (χ3n) is 2.19. The van der Waals surface area contributed by atoms with Gasteiger partial charge < -0.3 is 10.2 Å². The number of aliphatic hydroxyl groups is 1. The average Bonchev–Trinajstić information content (AvgIpc) is 2.25. The van der Waals surface area contributed by atoms with Gasteiger partial charge >= 0.3 is 5.97 Å². The highest BCUT2D eigenvalue weighted by molar-refractivity contribution is 7.99. The Kier molecular flexibility index (Phi) is 4.36. The molecule has 2 N–H and O–H groups in total. The number of thioether (sulfide) groups is 1. The maximum Gasteiger partial charge on any atom is 0.337 e. The molecule has 0 spiro atoms. The number of aliphatic carboxylic acids is 1. The first-order valence-electron chi connectivity index (χ1n) is 4.67. The maximum absolute atomic E-state index is 13.7. The number of carbonyl (C=O) groups is 1. The molecule has 1 atom stereocenters. The Morgan fingerprint density at radius 3 is 2.39 bits per heavy atom. The minimum Gasteiger partial charge on any atom is -0.479 e. The number of aliphatic hydroxyl groups excluding tert-OH is 1. The number of hydrogen-bond donors (Lipinski definition) is 2. The molecule has 0 amide bonds. The van der Waals surface area contributed by atoms with E-state index in [-0.39, 0.29) is 15.4 Å². The van der Waals surface area contributed by atoms with E-state index in [0.717, 1.165) is 30.2 Å². The van der Waals surface area contributed by atoms with Gasteiger partial charge in [-0.25, -0.2) is 17.6 Å².